The molecule has 1 saturated carbocycles. The number of aromatic nitrogens is 3. The van der Waals surface area contributed by atoms with Crippen LogP contribution in [0.2, 0.25) is 0 Å². The number of rotatable bonds is 7. The molecule has 6 nitrogen and oxygen atoms in total. The van der Waals surface area contributed by atoms with Crippen LogP contribution in [0.25, 0.3) is 0 Å². The Balaban J connectivity index is 1.35. The van der Waals surface area contributed by atoms with Crippen molar-refractivity contribution in [2.24, 2.45) is 5.92 Å². The third-order valence-corrected chi connectivity index (χ3v) is 6.64. The number of carbonyl (C=O) groups excluding carboxylic acids is 1. The first-order valence-corrected chi connectivity index (χ1v) is 11.2. The van der Waals surface area contributed by atoms with E-state index in [1.807, 2.05) is 12.1 Å². The van der Waals surface area contributed by atoms with Gasteiger partial charge in [-0.2, -0.15) is 0 Å². The van der Waals surface area contributed by atoms with Crippen molar-refractivity contribution in [2.45, 2.75) is 57.3 Å². The summed E-state index contributed by atoms with van der Waals surface area (Å²) in [6.07, 6.45) is 4.78. The van der Waals surface area contributed by atoms with E-state index in [-0.39, 0.29) is 5.91 Å². The average molecular weight is 400 g/mol. The Hall–Kier alpha value is -2.02. The maximum Gasteiger partial charge on any atom is 0.230 e. The van der Waals surface area contributed by atoms with Crippen molar-refractivity contribution >= 4 is 23.6 Å². The fraction of sp³-hybridized carbons (Fsp3) is 0.571. The zero-order valence-corrected chi connectivity index (χ0v) is 17.5. The highest BCUT2D eigenvalue weighted by Crippen LogP contribution is 2.41. The minimum Gasteiger partial charge on any atom is -0.351 e. The van der Waals surface area contributed by atoms with Crippen molar-refractivity contribution in [1.29, 1.82) is 0 Å². The Bertz CT molecular complexity index is 824. The summed E-state index contributed by atoms with van der Waals surface area (Å²) in [5.74, 6) is 2.19. The molecule has 2 aromatic rings. The van der Waals surface area contributed by atoms with E-state index < -0.39 is 0 Å². The molecule has 1 N–H and O–H groups in total. The minimum absolute atomic E-state index is 0.0342. The maximum atomic E-state index is 12.3. The van der Waals surface area contributed by atoms with Gasteiger partial charge in [0.15, 0.2) is 5.16 Å². The highest BCUT2D eigenvalue weighted by Gasteiger charge is 2.32. The number of benzene rings is 1. The number of thioether (sulfide) groups is 1. The second-order valence-electron chi connectivity index (χ2n) is 8.05. The van der Waals surface area contributed by atoms with Gasteiger partial charge < -0.3 is 10.2 Å². The van der Waals surface area contributed by atoms with Gasteiger partial charge >= 0.3 is 0 Å². The van der Waals surface area contributed by atoms with E-state index in [0.29, 0.717) is 18.3 Å². The minimum atomic E-state index is 0.0342. The van der Waals surface area contributed by atoms with Crippen LogP contribution in [0.3, 0.4) is 0 Å². The Labute approximate surface area is 171 Å². The number of nitrogens with zero attached hydrogens (tertiary/aromatic N) is 4. The van der Waals surface area contributed by atoms with Crippen LogP contribution < -0.4 is 10.2 Å². The van der Waals surface area contributed by atoms with Gasteiger partial charge in [0.2, 0.25) is 11.9 Å². The van der Waals surface area contributed by atoms with E-state index in [1.54, 1.807) is 0 Å². The molecular weight excluding hydrogens is 370 g/mol. The van der Waals surface area contributed by atoms with Crippen molar-refractivity contribution in [3.8, 4) is 0 Å². The Morgan fingerprint density at radius 2 is 1.93 bits per heavy atom. The summed E-state index contributed by atoms with van der Waals surface area (Å²) in [5.41, 5.74) is 2.35. The van der Waals surface area contributed by atoms with Crippen molar-refractivity contribution in [3.05, 3.63) is 35.4 Å². The molecule has 7 heteroatoms. The van der Waals surface area contributed by atoms with Gasteiger partial charge in [0.1, 0.15) is 0 Å². The largest absolute Gasteiger partial charge is 0.351 e. The lowest BCUT2D eigenvalue weighted by molar-refractivity contribution is -0.118. The van der Waals surface area contributed by atoms with Crippen LogP contribution >= 0.6 is 11.8 Å². The van der Waals surface area contributed by atoms with Crippen molar-refractivity contribution < 1.29 is 4.79 Å². The second-order valence-corrected chi connectivity index (χ2v) is 8.99. The number of amides is 1. The summed E-state index contributed by atoms with van der Waals surface area (Å²) in [6, 6.07) is 8.64. The molecule has 1 aliphatic heterocycles. The van der Waals surface area contributed by atoms with Crippen molar-refractivity contribution in [3.63, 3.8) is 0 Å². The van der Waals surface area contributed by atoms with Crippen LogP contribution in [0.15, 0.2) is 29.4 Å². The molecule has 0 spiro atoms. The topological polar surface area (TPSA) is 63.1 Å². The Kier molecular flexibility index (Phi) is 5.90. The van der Waals surface area contributed by atoms with Crippen molar-refractivity contribution in [1.82, 2.24) is 20.1 Å². The lowest BCUT2D eigenvalue weighted by atomic mass is 10.00. The molecule has 1 aromatic heterocycles. The van der Waals surface area contributed by atoms with Gasteiger partial charge in [-0.05, 0) is 49.7 Å². The normalized spacial score (nSPS) is 17.7. The van der Waals surface area contributed by atoms with E-state index in [4.69, 9.17) is 0 Å². The highest BCUT2D eigenvalue weighted by molar-refractivity contribution is 7.99. The van der Waals surface area contributed by atoms with Gasteiger partial charge in [-0.3, -0.25) is 9.36 Å². The van der Waals surface area contributed by atoms with Gasteiger partial charge in [0, 0.05) is 25.7 Å². The number of carbonyl (C=O) groups is 1. The monoisotopic (exact) mass is 399 g/mol. The van der Waals surface area contributed by atoms with Crippen LogP contribution in [-0.4, -0.2) is 39.5 Å². The molecule has 1 saturated heterocycles. The average Bonchev–Trinajstić information content (AvgIpc) is 3.45. The molecule has 1 amide bonds. The molecule has 150 valence electrons. The molecule has 2 heterocycles. The van der Waals surface area contributed by atoms with Crippen LogP contribution in [-0.2, 0) is 11.3 Å². The lowest BCUT2D eigenvalue weighted by Gasteiger charge is -2.31. The third kappa shape index (κ3) is 4.51. The molecule has 1 aromatic carbocycles. The fourth-order valence-electron chi connectivity index (χ4n) is 3.63. The molecular formula is C21H29N5OS. The van der Waals surface area contributed by atoms with Crippen LogP contribution in [0.4, 0.5) is 5.95 Å². The molecule has 4 rings (SSSR count). The SMILES string of the molecule is Cc1ccccc1CNC(=O)CSc1nnc(N2CCC(C)CC2)n1C1CC1. The standard InChI is InChI=1S/C21H29N5OS/c1-15-9-11-25(12-10-15)20-23-24-21(26(20)18-7-8-18)28-14-19(27)22-13-17-6-4-3-5-16(17)2/h3-6,15,18H,7-14H2,1-2H3,(H,22,27). The first-order chi connectivity index (χ1) is 13.6. The van der Waals surface area contributed by atoms with E-state index in [2.05, 4.69) is 51.0 Å². The first-order valence-electron chi connectivity index (χ1n) is 10.3. The number of aryl methyl sites for hydroxylation is 1. The molecule has 2 fully saturated rings. The van der Waals surface area contributed by atoms with Crippen molar-refractivity contribution in [2.75, 3.05) is 23.7 Å². The lowest BCUT2D eigenvalue weighted by Crippen LogP contribution is -2.34. The van der Waals surface area contributed by atoms with Gasteiger partial charge in [0.25, 0.3) is 0 Å². The summed E-state index contributed by atoms with van der Waals surface area (Å²) >= 11 is 1.50. The third-order valence-electron chi connectivity index (χ3n) is 5.69. The van der Waals surface area contributed by atoms with Gasteiger partial charge in [0.05, 0.1) is 5.75 Å². The predicted octanol–water partition coefficient (Wildman–Crippen LogP) is 3.57. The summed E-state index contributed by atoms with van der Waals surface area (Å²) in [6.45, 7) is 7.05. The molecule has 0 bridgehead atoms. The number of nitrogens with one attached hydrogen (secondary N) is 1. The van der Waals surface area contributed by atoms with Crippen LogP contribution in [0, 0.1) is 12.8 Å². The summed E-state index contributed by atoms with van der Waals surface area (Å²) in [7, 11) is 0. The second kappa shape index (κ2) is 8.55. The molecule has 0 atom stereocenters. The van der Waals surface area contributed by atoms with E-state index >= 15 is 0 Å². The van der Waals surface area contributed by atoms with E-state index in [1.165, 1.54) is 43.0 Å². The first kappa shape index (κ1) is 19.3. The Morgan fingerprint density at radius 3 is 2.64 bits per heavy atom. The van der Waals surface area contributed by atoms with Gasteiger partial charge in [-0.15, -0.1) is 10.2 Å². The molecule has 2 aliphatic rings. The highest BCUT2D eigenvalue weighted by atomic mass is 32.2. The zero-order valence-electron chi connectivity index (χ0n) is 16.7. The summed E-state index contributed by atoms with van der Waals surface area (Å²) in [4.78, 5) is 14.7. The molecule has 28 heavy (non-hydrogen) atoms. The number of anilines is 1. The number of piperidine rings is 1. The van der Waals surface area contributed by atoms with Gasteiger partial charge in [-0.1, -0.05) is 43.0 Å². The quantitative estimate of drug-likeness (QED) is 0.721. The maximum absolute atomic E-state index is 12.3. The van der Waals surface area contributed by atoms with E-state index in [0.717, 1.165) is 35.7 Å². The predicted molar refractivity (Wildman–Crippen MR) is 113 cm³/mol. The smallest absolute Gasteiger partial charge is 0.230 e. The van der Waals surface area contributed by atoms with Crippen LogP contribution in [0.5, 0.6) is 0 Å². The molecule has 1 aliphatic carbocycles. The van der Waals surface area contributed by atoms with Gasteiger partial charge in [-0.25, -0.2) is 0 Å². The van der Waals surface area contributed by atoms with Crippen LogP contribution in [0.1, 0.15) is 49.8 Å². The fourth-order valence-corrected chi connectivity index (χ4v) is 4.46. The number of hydrogen-bond acceptors (Lipinski definition) is 5. The van der Waals surface area contributed by atoms with E-state index in [9.17, 15) is 4.79 Å². The zero-order chi connectivity index (χ0) is 19.5. The Morgan fingerprint density at radius 1 is 1.18 bits per heavy atom. The summed E-state index contributed by atoms with van der Waals surface area (Å²) < 4.78 is 2.27. The summed E-state index contributed by atoms with van der Waals surface area (Å²) in [5, 5.41) is 12.8. The molecule has 0 unspecified atom stereocenters. The number of hydrogen-bond donors (Lipinski definition) is 1. The molecule has 0 radical (unpaired) electrons.